The zero-order chi connectivity index (χ0) is 9.14. The van der Waals surface area contributed by atoms with Gasteiger partial charge in [0.2, 0.25) is 5.91 Å². The number of amides is 1. The van der Waals surface area contributed by atoms with E-state index >= 15 is 0 Å². The van der Waals surface area contributed by atoms with E-state index in [0.29, 0.717) is 18.3 Å². The Bertz CT molecular complexity index is 158. The molecule has 0 spiro atoms. The van der Waals surface area contributed by atoms with Gasteiger partial charge in [-0.3, -0.25) is 4.79 Å². The molecule has 1 saturated heterocycles. The highest BCUT2D eigenvalue weighted by Gasteiger charge is 2.25. The molecule has 1 aliphatic heterocycles. The van der Waals surface area contributed by atoms with Gasteiger partial charge in [-0.2, -0.15) is 0 Å². The summed E-state index contributed by atoms with van der Waals surface area (Å²) >= 11 is 0. The number of nitrogens with one attached hydrogen (secondary N) is 1. The fourth-order valence-electron chi connectivity index (χ4n) is 1.62. The van der Waals surface area contributed by atoms with E-state index in [2.05, 4.69) is 19.2 Å². The molecule has 12 heavy (non-hydrogen) atoms. The third-order valence-electron chi connectivity index (χ3n) is 2.62. The first-order chi connectivity index (χ1) is 5.61. The van der Waals surface area contributed by atoms with Crippen LogP contribution in [0, 0.1) is 11.8 Å². The van der Waals surface area contributed by atoms with E-state index in [-0.39, 0.29) is 11.9 Å². The van der Waals surface area contributed by atoms with Crippen LogP contribution in [0.3, 0.4) is 0 Å². The van der Waals surface area contributed by atoms with Crippen LogP contribution < -0.4 is 11.1 Å². The van der Waals surface area contributed by atoms with Gasteiger partial charge >= 0.3 is 0 Å². The van der Waals surface area contributed by atoms with Gasteiger partial charge in [0.05, 0.1) is 0 Å². The van der Waals surface area contributed by atoms with Gasteiger partial charge in [0, 0.05) is 19.0 Å². The number of carbonyl (C=O) groups excluding carboxylic acids is 1. The molecule has 1 aliphatic rings. The highest BCUT2D eigenvalue weighted by atomic mass is 16.1. The second kappa shape index (κ2) is 3.90. The maximum Gasteiger partial charge on any atom is 0.220 e. The Hall–Kier alpha value is -0.570. The second-order valence-corrected chi connectivity index (χ2v) is 3.92. The van der Waals surface area contributed by atoms with Gasteiger partial charge < -0.3 is 11.1 Å². The fraction of sp³-hybridized carbons (Fsp3) is 0.889. The minimum atomic E-state index is 0.169. The lowest BCUT2D eigenvalue weighted by Gasteiger charge is -2.30. The van der Waals surface area contributed by atoms with Crippen molar-refractivity contribution in [1.82, 2.24) is 5.32 Å². The summed E-state index contributed by atoms with van der Waals surface area (Å²) in [7, 11) is 0. The van der Waals surface area contributed by atoms with Crippen LogP contribution >= 0.6 is 0 Å². The first kappa shape index (κ1) is 9.52. The predicted molar refractivity (Wildman–Crippen MR) is 48.5 cm³/mol. The average Bonchev–Trinajstić information content (AvgIpc) is 2.04. The van der Waals surface area contributed by atoms with Gasteiger partial charge in [-0.25, -0.2) is 0 Å². The summed E-state index contributed by atoms with van der Waals surface area (Å²) in [5.74, 6) is 1.15. The van der Waals surface area contributed by atoms with E-state index in [4.69, 9.17) is 5.73 Å². The predicted octanol–water partition coefficient (Wildman–Crippen LogP) is 0.496. The van der Waals surface area contributed by atoms with Crippen LogP contribution in [0.2, 0.25) is 0 Å². The molecule has 0 saturated carbocycles. The topological polar surface area (TPSA) is 55.1 Å². The molecular weight excluding hydrogens is 152 g/mol. The molecule has 0 aromatic carbocycles. The van der Waals surface area contributed by atoms with Crippen LogP contribution in [0.15, 0.2) is 0 Å². The molecular formula is C9H18N2O. The monoisotopic (exact) mass is 170 g/mol. The molecule has 2 unspecified atom stereocenters. The first-order valence-corrected chi connectivity index (χ1v) is 4.63. The van der Waals surface area contributed by atoms with Crippen molar-refractivity contribution in [1.29, 1.82) is 0 Å². The summed E-state index contributed by atoms with van der Waals surface area (Å²) in [5.41, 5.74) is 5.99. The fourth-order valence-corrected chi connectivity index (χ4v) is 1.62. The zero-order valence-electron chi connectivity index (χ0n) is 7.84. The SMILES string of the molecule is CC(C)C(N)C1CCC(=O)NC1. The molecule has 70 valence electrons. The minimum absolute atomic E-state index is 0.169. The summed E-state index contributed by atoms with van der Waals surface area (Å²) in [4.78, 5) is 10.8. The molecule has 3 N–H and O–H groups in total. The van der Waals surface area contributed by atoms with E-state index in [1.165, 1.54) is 0 Å². The van der Waals surface area contributed by atoms with E-state index in [1.54, 1.807) is 0 Å². The molecule has 1 amide bonds. The van der Waals surface area contributed by atoms with Crippen molar-refractivity contribution < 1.29 is 4.79 Å². The molecule has 1 heterocycles. The number of carbonyl (C=O) groups is 1. The molecule has 3 nitrogen and oxygen atoms in total. The molecule has 0 aliphatic carbocycles. The quantitative estimate of drug-likeness (QED) is 0.634. The van der Waals surface area contributed by atoms with Crippen LogP contribution in [0.25, 0.3) is 0 Å². The standard InChI is InChI=1S/C9H18N2O/c1-6(2)9(10)7-3-4-8(12)11-5-7/h6-7,9H,3-5,10H2,1-2H3,(H,11,12). The Morgan fingerprint density at radius 2 is 2.25 bits per heavy atom. The minimum Gasteiger partial charge on any atom is -0.356 e. The third-order valence-corrected chi connectivity index (χ3v) is 2.62. The molecule has 0 bridgehead atoms. The summed E-state index contributed by atoms with van der Waals surface area (Å²) in [5, 5.41) is 2.85. The van der Waals surface area contributed by atoms with E-state index < -0.39 is 0 Å². The Labute approximate surface area is 73.7 Å². The number of rotatable bonds is 2. The molecule has 0 radical (unpaired) electrons. The highest BCUT2D eigenvalue weighted by molar-refractivity contribution is 5.76. The van der Waals surface area contributed by atoms with Gasteiger partial charge in [-0.15, -0.1) is 0 Å². The summed E-state index contributed by atoms with van der Waals surface area (Å²) in [6.45, 7) is 5.01. The lowest BCUT2D eigenvalue weighted by molar-refractivity contribution is -0.123. The molecule has 0 aromatic heterocycles. The Morgan fingerprint density at radius 1 is 1.58 bits per heavy atom. The van der Waals surface area contributed by atoms with Crippen molar-refractivity contribution in [2.75, 3.05) is 6.54 Å². The molecule has 1 rings (SSSR count). The van der Waals surface area contributed by atoms with Crippen molar-refractivity contribution >= 4 is 5.91 Å². The van der Waals surface area contributed by atoms with Crippen molar-refractivity contribution in [3.63, 3.8) is 0 Å². The van der Waals surface area contributed by atoms with Gasteiger partial charge in [0.25, 0.3) is 0 Å². The number of hydrogen-bond donors (Lipinski definition) is 2. The van der Waals surface area contributed by atoms with E-state index in [9.17, 15) is 4.79 Å². The summed E-state index contributed by atoms with van der Waals surface area (Å²) in [6.07, 6.45) is 1.59. The Kier molecular flexibility index (Phi) is 3.09. The van der Waals surface area contributed by atoms with Gasteiger partial charge in [-0.05, 0) is 18.3 Å². The summed E-state index contributed by atoms with van der Waals surface area (Å²) < 4.78 is 0. The number of piperidine rings is 1. The molecule has 0 aromatic rings. The third kappa shape index (κ3) is 2.21. The van der Waals surface area contributed by atoms with Gasteiger partial charge in [0.15, 0.2) is 0 Å². The number of nitrogens with two attached hydrogens (primary N) is 1. The largest absolute Gasteiger partial charge is 0.356 e. The van der Waals surface area contributed by atoms with Gasteiger partial charge in [-0.1, -0.05) is 13.8 Å². The van der Waals surface area contributed by atoms with Gasteiger partial charge in [0.1, 0.15) is 0 Å². The van der Waals surface area contributed by atoms with Crippen molar-refractivity contribution in [2.45, 2.75) is 32.7 Å². The molecule has 2 atom stereocenters. The maximum absolute atomic E-state index is 10.8. The number of hydrogen-bond acceptors (Lipinski definition) is 2. The highest BCUT2D eigenvalue weighted by Crippen LogP contribution is 2.18. The van der Waals surface area contributed by atoms with Crippen molar-refractivity contribution in [3.05, 3.63) is 0 Å². The lowest BCUT2D eigenvalue weighted by Crippen LogP contribution is -2.45. The van der Waals surface area contributed by atoms with E-state index in [0.717, 1.165) is 13.0 Å². The first-order valence-electron chi connectivity index (χ1n) is 4.63. The maximum atomic E-state index is 10.8. The normalized spacial score (nSPS) is 27.0. The van der Waals surface area contributed by atoms with Crippen LogP contribution in [-0.4, -0.2) is 18.5 Å². The van der Waals surface area contributed by atoms with Crippen LogP contribution in [0.1, 0.15) is 26.7 Å². The molecule has 3 heteroatoms. The average molecular weight is 170 g/mol. The summed E-state index contributed by atoms with van der Waals surface area (Å²) in [6, 6.07) is 0.227. The van der Waals surface area contributed by atoms with Crippen molar-refractivity contribution in [3.8, 4) is 0 Å². The van der Waals surface area contributed by atoms with E-state index in [1.807, 2.05) is 0 Å². The Morgan fingerprint density at radius 3 is 2.67 bits per heavy atom. The second-order valence-electron chi connectivity index (χ2n) is 3.92. The van der Waals surface area contributed by atoms with Crippen LogP contribution in [-0.2, 0) is 4.79 Å². The molecule has 1 fully saturated rings. The smallest absolute Gasteiger partial charge is 0.220 e. The zero-order valence-corrected chi connectivity index (χ0v) is 7.84. The van der Waals surface area contributed by atoms with Crippen molar-refractivity contribution in [2.24, 2.45) is 17.6 Å². The van der Waals surface area contributed by atoms with Crippen LogP contribution in [0.4, 0.5) is 0 Å². The lowest BCUT2D eigenvalue weighted by atomic mass is 9.86. The van der Waals surface area contributed by atoms with Crippen LogP contribution in [0.5, 0.6) is 0 Å². The Balaban J connectivity index is 2.38.